The van der Waals surface area contributed by atoms with Crippen molar-refractivity contribution in [3.05, 3.63) is 64.7 Å². The fourth-order valence-electron chi connectivity index (χ4n) is 3.73. The number of ether oxygens (including phenoxy) is 1. The lowest BCUT2D eigenvalue weighted by atomic mass is 9.96. The second-order valence-corrected chi connectivity index (χ2v) is 8.13. The van der Waals surface area contributed by atoms with Crippen molar-refractivity contribution in [3.8, 4) is 5.75 Å². The van der Waals surface area contributed by atoms with Crippen LogP contribution in [0.3, 0.4) is 0 Å². The highest BCUT2D eigenvalue weighted by Crippen LogP contribution is 2.37. The Kier molecular flexibility index (Phi) is 7.51. The lowest BCUT2D eigenvalue weighted by Gasteiger charge is -2.26. The molecule has 0 saturated carbocycles. The summed E-state index contributed by atoms with van der Waals surface area (Å²) in [7, 11) is 3.24. The van der Waals surface area contributed by atoms with Crippen LogP contribution in [-0.4, -0.2) is 54.8 Å². The van der Waals surface area contributed by atoms with E-state index < -0.39 is 0 Å². The first-order valence-corrected chi connectivity index (χ1v) is 10.9. The number of hydrazone groups is 1. The summed E-state index contributed by atoms with van der Waals surface area (Å²) in [5.74, 6) is 0.467. The van der Waals surface area contributed by atoms with Gasteiger partial charge in [0.1, 0.15) is 12.3 Å². The summed E-state index contributed by atoms with van der Waals surface area (Å²) < 4.78 is 5.56. The van der Waals surface area contributed by atoms with Crippen molar-refractivity contribution in [2.75, 3.05) is 27.2 Å². The Morgan fingerprint density at radius 3 is 2.62 bits per heavy atom. The lowest BCUT2D eigenvalue weighted by molar-refractivity contribution is -0.133. The highest BCUT2D eigenvalue weighted by atomic mass is 16.5. The predicted octanol–water partition coefficient (Wildman–Crippen LogP) is 4.04. The fraction of sp³-hybridized carbons (Fsp3) is 0.400. The SMILES string of the molecule is CCCNC(=O)N(C)CC(=O)N1N=C(c2ccc(C)c(C)c2)C[C@H]1c1ccccc1OC. The lowest BCUT2D eigenvalue weighted by Crippen LogP contribution is -2.43. The highest BCUT2D eigenvalue weighted by molar-refractivity contribution is 6.03. The highest BCUT2D eigenvalue weighted by Gasteiger charge is 2.35. The normalized spacial score (nSPS) is 15.3. The molecule has 1 N–H and O–H groups in total. The molecule has 1 atom stereocenters. The van der Waals surface area contributed by atoms with Gasteiger partial charge in [-0.1, -0.05) is 37.3 Å². The Labute approximate surface area is 190 Å². The molecule has 2 aromatic carbocycles. The molecule has 1 aliphatic heterocycles. The van der Waals surface area contributed by atoms with E-state index in [2.05, 4.69) is 31.3 Å². The molecule has 0 bridgehead atoms. The fourth-order valence-corrected chi connectivity index (χ4v) is 3.73. The molecule has 0 aromatic heterocycles. The topological polar surface area (TPSA) is 74.2 Å². The van der Waals surface area contributed by atoms with Crippen molar-refractivity contribution in [3.63, 3.8) is 0 Å². The van der Waals surface area contributed by atoms with Crippen LogP contribution in [0.1, 0.15) is 48.1 Å². The van der Waals surface area contributed by atoms with E-state index in [0.717, 1.165) is 23.3 Å². The molecule has 1 heterocycles. The molecule has 0 unspecified atom stereocenters. The molecule has 0 fully saturated rings. The summed E-state index contributed by atoms with van der Waals surface area (Å²) in [5, 5.41) is 9.02. The number of amides is 3. The summed E-state index contributed by atoms with van der Waals surface area (Å²) in [6, 6.07) is 13.3. The maximum Gasteiger partial charge on any atom is 0.317 e. The number of aryl methyl sites for hydroxylation is 2. The number of nitrogens with zero attached hydrogens (tertiary/aromatic N) is 3. The van der Waals surface area contributed by atoms with Crippen molar-refractivity contribution >= 4 is 17.6 Å². The molecular formula is C25H32N4O3. The molecule has 1 aliphatic rings. The van der Waals surface area contributed by atoms with Crippen molar-refractivity contribution in [1.29, 1.82) is 0 Å². The van der Waals surface area contributed by atoms with Gasteiger partial charge >= 0.3 is 6.03 Å². The number of rotatable bonds is 7. The minimum Gasteiger partial charge on any atom is -0.496 e. The van der Waals surface area contributed by atoms with Gasteiger partial charge in [-0.25, -0.2) is 9.80 Å². The summed E-state index contributed by atoms with van der Waals surface area (Å²) in [5.41, 5.74) is 5.12. The second kappa shape index (κ2) is 10.3. The first-order chi connectivity index (χ1) is 15.3. The average molecular weight is 437 g/mol. The van der Waals surface area contributed by atoms with Crippen LogP contribution < -0.4 is 10.1 Å². The minimum atomic E-state index is -0.303. The molecule has 7 heteroatoms. The average Bonchev–Trinajstić information content (AvgIpc) is 3.24. The minimum absolute atomic E-state index is 0.0646. The second-order valence-electron chi connectivity index (χ2n) is 8.13. The molecule has 170 valence electrons. The molecule has 7 nitrogen and oxygen atoms in total. The molecule has 3 rings (SSSR count). The number of hydrogen-bond acceptors (Lipinski definition) is 4. The zero-order valence-electron chi connectivity index (χ0n) is 19.5. The van der Waals surface area contributed by atoms with Gasteiger partial charge in [0.15, 0.2) is 0 Å². The van der Waals surface area contributed by atoms with Gasteiger partial charge in [-0.2, -0.15) is 5.10 Å². The van der Waals surface area contributed by atoms with Crippen LogP contribution in [0.2, 0.25) is 0 Å². The van der Waals surface area contributed by atoms with Crippen LogP contribution in [0.5, 0.6) is 5.75 Å². The third-order valence-corrected chi connectivity index (χ3v) is 5.75. The molecule has 3 amide bonds. The smallest absolute Gasteiger partial charge is 0.317 e. The Balaban J connectivity index is 1.91. The zero-order chi connectivity index (χ0) is 23.3. The summed E-state index contributed by atoms with van der Waals surface area (Å²) in [6.45, 7) is 6.63. The van der Waals surface area contributed by atoms with E-state index in [1.807, 2.05) is 37.3 Å². The Morgan fingerprint density at radius 1 is 1.19 bits per heavy atom. The van der Waals surface area contributed by atoms with Gasteiger partial charge < -0.3 is 15.0 Å². The maximum atomic E-state index is 13.3. The van der Waals surface area contributed by atoms with E-state index in [1.165, 1.54) is 21.0 Å². The van der Waals surface area contributed by atoms with Crippen LogP contribution in [0.15, 0.2) is 47.6 Å². The van der Waals surface area contributed by atoms with E-state index in [4.69, 9.17) is 9.84 Å². The van der Waals surface area contributed by atoms with Gasteiger partial charge in [-0.05, 0) is 49.1 Å². The molecule has 0 saturated heterocycles. The zero-order valence-corrected chi connectivity index (χ0v) is 19.5. The van der Waals surface area contributed by atoms with Gasteiger partial charge in [-0.3, -0.25) is 4.79 Å². The van der Waals surface area contributed by atoms with Crippen LogP contribution in [0.25, 0.3) is 0 Å². The summed E-state index contributed by atoms with van der Waals surface area (Å²) in [4.78, 5) is 26.9. The molecule has 0 aliphatic carbocycles. The number of hydrogen-bond donors (Lipinski definition) is 1. The molecule has 2 aromatic rings. The first-order valence-electron chi connectivity index (χ1n) is 10.9. The van der Waals surface area contributed by atoms with E-state index in [-0.39, 0.29) is 24.5 Å². The van der Waals surface area contributed by atoms with Gasteiger partial charge in [-0.15, -0.1) is 0 Å². The van der Waals surface area contributed by atoms with Gasteiger partial charge in [0, 0.05) is 25.6 Å². The largest absolute Gasteiger partial charge is 0.496 e. The first kappa shape index (κ1) is 23.3. The van der Waals surface area contributed by atoms with Crippen LogP contribution in [-0.2, 0) is 4.79 Å². The van der Waals surface area contributed by atoms with Gasteiger partial charge in [0.05, 0.1) is 18.9 Å². The molecule has 0 spiro atoms. The standard InChI is InChI=1S/C25H32N4O3/c1-6-13-26-25(31)28(4)16-24(30)29-22(20-9-7-8-10-23(20)32-5)15-21(27-29)19-12-11-17(2)18(3)14-19/h7-12,14,22H,6,13,15-16H2,1-5H3,(H,26,31)/t22-/m0/s1. The molecule has 32 heavy (non-hydrogen) atoms. The maximum absolute atomic E-state index is 13.3. The summed E-state index contributed by atoms with van der Waals surface area (Å²) in [6.07, 6.45) is 1.40. The van der Waals surface area contributed by atoms with E-state index in [0.29, 0.717) is 18.7 Å². The number of nitrogens with one attached hydrogen (secondary N) is 1. The number of methoxy groups -OCH3 is 1. The molecular weight excluding hydrogens is 404 g/mol. The van der Waals surface area contributed by atoms with Crippen LogP contribution in [0, 0.1) is 13.8 Å². The third kappa shape index (κ3) is 5.10. The quantitative estimate of drug-likeness (QED) is 0.712. The van der Waals surface area contributed by atoms with Crippen LogP contribution >= 0.6 is 0 Å². The predicted molar refractivity (Wildman–Crippen MR) is 126 cm³/mol. The van der Waals surface area contributed by atoms with Crippen molar-refractivity contribution < 1.29 is 14.3 Å². The van der Waals surface area contributed by atoms with Crippen molar-refractivity contribution in [2.45, 2.75) is 39.7 Å². The van der Waals surface area contributed by atoms with Crippen molar-refractivity contribution in [2.24, 2.45) is 5.10 Å². The number of carbonyl (C=O) groups excluding carboxylic acids is 2. The van der Waals surface area contributed by atoms with Crippen molar-refractivity contribution in [1.82, 2.24) is 15.2 Å². The van der Waals surface area contributed by atoms with Gasteiger partial charge in [0.25, 0.3) is 5.91 Å². The third-order valence-electron chi connectivity index (χ3n) is 5.75. The number of carbonyl (C=O) groups is 2. The number of likely N-dealkylation sites (N-methyl/N-ethyl adjacent to an activating group) is 1. The number of benzene rings is 2. The van der Waals surface area contributed by atoms with Gasteiger partial charge in [0.2, 0.25) is 0 Å². The Bertz CT molecular complexity index is 1020. The summed E-state index contributed by atoms with van der Waals surface area (Å²) >= 11 is 0. The van der Waals surface area contributed by atoms with E-state index in [9.17, 15) is 9.59 Å². The Hall–Kier alpha value is -3.35. The van der Waals surface area contributed by atoms with E-state index >= 15 is 0 Å². The monoisotopic (exact) mass is 436 g/mol. The number of urea groups is 1. The van der Waals surface area contributed by atoms with E-state index in [1.54, 1.807) is 14.2 Å². The number of para-hydroxylation sites is 1. The van der Waals surface area contributed by atoms with Crippen LogP contribution in [0.4, 0.5) is 4.79 Å². The Morgan fingerprint density at radius 2 is 1.94 bits per heavy atom. The molecule has 0 radical (unpaired) electrons.